The summed E-state index contributed by atoms with van der Waals surface area (Å²) in [4.78, 5) is 17.4. The molecular formula is C26H24ClFN2O2. The molecule has 6 rings (SSSR count). The summed E-state index contributed by atoms with van der Waals surface area (Å²) >= 11 is 5.96. The van der Waals surface area contributed by atoms with E-state index in [2.05, 4.69) is 10.3 Å². The zero-order valence-corrected chi connectivity index (χ0v) is 18.3. The number of ether oxygens (including phenoxy) is 1. The summed E-state index contributed by atoms with van der Waals surface area (Å²) < 4.78 is 20.0. The second kappa shape index (κ2) is 7.73. The molecule has 6 heteroatoms. The van der Waals surface area contributed by atoms with Crippen molar-refractivity contribution in [1.29, 1.82) is 0 Å². The first kappa shape index (κ1) is 20.0. The summed E-state index contributed by atoms with van der Waals surface area (Å²) in [6.45, 7) is 0. The zero-order chi connectivity index (χ0) is 21.8. The third kappa shape index (κ3) is 3.73. The van der Waals surface area contributed by atoms with Gasteiger partial charge in [0.2, 0.25) is 5.91 Å². The van der Waals surface area contributed by atoms with E-state index in [0.717, 1.165) is 36.9 Å². The van der Waals surface area contributed by atoms with E-state index in [9.17, 15) is 9.18 Å². The number of nitrogens with zero attached hydrogens (tertiary/aromatic N) is 1. The Bertz CT molecular complexity index is 1170. The van der Waals surface area contributed by atoms with Gasteiger partial charge in [0.1, 0.15) is 11.6 Å². The maximum Gasteiger partial charge on any atom is 0.228 e. The number of halogens is 2. The molecule has 1 aromatic heterocycles. The van der Waals surface area contributed by atoms with Gasteiger partial charge in [-0.2, -0.15) is 0 Å². The van der Waals surface area contributed by atoms with Crippen LogP contribution >= 0.6 is 11.6 Å². The number of carbonyl (C=O) groups is 1. The molecule has 164 valence electrons. The van der Waals surface area contributed by atoms with Crippen LogP contribution in [0.4, 0.5) is 10.1 Å². The van der Waals surface area contributed by atoms with Gasteiger partial charge in [0.15, 0.2) is 0 Å². The van der Waals surface area contributed by atoms with Crippen LogP contribution in [0.2, 0.25) is 5.02 Å². The number of nitrogens with one attached hydrogen (secondary N) is 1. The molecule has 2 aromatic carbocycles. The van der Waals surface area contributed by atoms with Crippen LogP contribution in [-0.2, 0) is 4.79 Å². The molecule has 3 aliphatic rings. The van der Waals surface area contributed by atoms with E-state index >= 15 is 0 Å². The summed E-state index contributed by atoms with van der Waals surface area (Å²) in [6, 6.07) is 13.7. The van der Waals surface area contributed by atoms with Crippen molar-refractivity contribution in [2.24, 2.45) is 29.6 Å². The van der Waals surface area contributed by atoms with Gasteiger partial charge in [-0.15, -0.1) is 0 Å². The van der Waals surface area contributed by atoms with Crippen molar-refractivity contribution in [3.63, 3.8) is 0 Å². The van der Waals surface area contributed by atoms with Gasteiger partial charge >= 0.3 is 0 Å². The Labute approximate surface area is 191 Å². The van der Waals surface area contributed by atoms with Crippen molar-refractivity contribution in [3.05, 3.63) is 65.6 Å². The van der Waals surface area contributed by atoms with E-state index < -0.39 is 0 Å². The molecule has 0 radical (unpaired) electrons. The quantitative estimate of drug-likeness (QED) is 0.494. The average molecular weight is 451 g/mol. The summed E-state index contributed by atoms with van der Waals surface area (Å²) in [5.74, 6) is 2.64. The predicted octanol–water partition coefficient (Wildman–Crippen LogP) is 6.10. The number of fused-ring (bicyclic) bond motifs is 2. The molecular weight excluding hydrogens is 427 g/mol. The Hall–Kier alpha value is -2.66. The van der Waals surface area contributed by atoms with Crippen LogP contribution in [0, 0.1) is 35.4 Å². The number of aromatic nitrogens is 1. The molecule has 0 bridgehead atoms. The Morgan fingerprint density at radius 3 is 2.56 bits per heavy atom. The van der Waals surface area contributed by atoms with Gasteiger partial charge in [-0.3, -0.25) is 9.78 Å². The van der Waals surface area contributed by atoms with Crippen molar-refractivity contribution in [2.75, 3.05) is 5.32 Å². The van der Waals surface area contributed by atoms with Gasteiger partial charge in [0.25, 0.3) is 0 Å². The van der Waals surface area contributed by atoms with Gasteiger partial charge in [-0.1, -0.05) is 11.6 Å². The molecule has 5 atom stereocenters. The van der Waals surface area contributed by atoms with E-state index in [-0.39, 0.29) is 23.7 Å². The smallest absolute Gasteiger partial charge is 0.228 e. The lowest BCUT2D eigenvalue weighted by Gasteiger charge is -2.22. The molecule has 32 heavy (non-hydrogen) atoms. The summed E-state index contributed by atoms with van der Waals surface area (Å²) in [7, 11) is 0. The highest BCUT2D eigenvalue weighted by molar-refractivity contribution is 6.30. The van der Waals surface area contributed by atoms with Crippen LogP contribution in [0.5, 0.6) is 5.75 Å². The first-order valence-corrected chi connectivity index (χ1v) is 11.7. The molecule has 3 saturated carbocycles. The maximum absolute atomic E-state index is 13.7. The number of rotatable bonds is 6. The third-order valence-electron chi connectivity index (χ3n) is 7.38. The average Bonchev–Trinajstić information content (AvgIpc) is 3.69. The van der Waals surface area contributed by atoms with Crippen LogP contribution < -0.4 is 10.1 Å². The van der Waals surface area contributed by atoms with Gasteiger partial charge in [0, 0.05) is 28.2 Å². The third-order valence-corrected chi connectivity index (χ3v) is 7.64. The Kier molecular flexibility index (Phi) is 4.83. The number of anilines is 1. The van der Waals surface area contributed by atoms with Crippen LogP contribution in [0.15, 0.2) is 54.7 Å². The number of hydrogen-bond acceptors (Lipinski definition) is 3. The molecule has 4 nitrogen and oxygen atoms in total. The molecule has 3 fully saturated rings. The maximum atomic E-state index is 13.7. The number of hydrogen-bond donors (Lipinski definition) is 1. The minimum Gasteiger partial charge on any atom is -0.490 e. The van der Waals surface area contributed by atoms with E-state index in [1.165, 1.54) is 12.1 Å². The summed E-state index contributed by atoms with van der Waals surface area (Å²) in [6.07, 6.45) is 6.00. The number of pyridine rings is 1. The lowest BCUT2D eigenvalue weighted by molar-refractivity contribution is -0.121. The Balaban J connectivity index is 1.12. The van der Waals surface area contributed by atoms with Crippen molar-refractivity contribution in [1.82, 2.24) is 4.98 Å². The van der Waals surface area contributed by atoms with Gasteiger partial charge in [0.05, 0.1) is 11.6 Å². The van der Waals surface area contributed by atoms with Crippen molar-refractivity contribution in [3.8, 4) is 5.75 Å². The van der Waals surface area contributed by atoms with Crippen LogP contribution in [0.1, 0.15) is 25.7 Å². The van der Waals surface area contributed by atoms with Crippen LogP contribution in [-0.4, -0.2) is 17.0 Å². The molecule has 1 amide bonds. The topological polar surface area (TPSA) is 51.2 Å². The minimum absolute atomic E-state index is 0.0810. The highest BCUT2D eigenvalue weighted by atomic mass is 35.5. The number of benzene rings is 2. The van der Waals surface area contributed by atoms with Crippen molar-refractivity contribution in [2.45, 2.75) is 31.8 Å². The second-order valence-corrected chi connectivity index (χ2v) is 9.88. The van der Waals surface area contributed by atoms with Crippen molar-refractivity contribution >= 4 is 34.1 Å². The summed E-state index contributed by atoms with van der Waals surface area (Å²) in [5.41, 5.74) is 1.53. The molecule has 1 heterocycles. The monoisotopic (exact) mass is 450 g/mol. The largest absolute Gasteiger partial charge is 0.490 e. The lowest BCUT2D eigenvalue weighted by Crippen LogP contribution is -2.29. The molecule has 1 unspecified atom stereocenters. The van der Waals surface area contributed by atoms with Gasteiger partial charge in [-0.25, -0.2) is 4.39 Å². The Morgan fingerprint density at radius 1 is 1.09 bits per heavy atom. The fraction of sp³-hybridized carbons (Fsp3) is 0.385. The lowest BCUT2D eigenvalue weighted by atomic mass is 9.90. The second-order valence-electron chi connectivity index (χ2n) is 9.45. The SMILES string of the molecule is O=C(Nc1ccc(Cl)cc1)C(C1CC1)[C@@H]1[C@@H]2C[C@@H](Oc3ccnc4ccc(F)cc34)C[C@@H]21. The molecule has 0 saturated heterocycles. The van der Waals surface area contributed by atoms with Gasteiger partial charge < -0.3 is 10.1 Å². The minimum atomic E-state index is -0.288. The standard InChI is InChI=1S/C26H24ClFN2O2/c27-15-3-6-17(7-4-15)30-26(31)24(14-1-2-14)25-19-12-18(13-20(19)25)32-23-9-10-29-22-8-5-16(28)11-21(22)23/h3-11,14,18-20,24-25H,1-2,12-13H2,(H,30,31)/t18-,19-,20+,24?,25-. The Morgan fingerprint density at radius 2 is 1.84 bits per heavy atom. The number of carbonyl (C=O) groups excluding carboxylic acids is 1. The molecule has 1 N–H and O–H groups in total. The zero-order valence-electron chi connectivity index (χ0n) is 17.5. The van der Waals surface area contributed by atoms with E-state index in [4.69, 9.17) is 16.3 Å². The molecule has 0 spiro atoms. The molecule has 3 aliphatic carbocycles. The fourth-order valence-corrected chi connectivity index (χ4v) is 5.89. The highest BCUT2D eigenvalue weighted by Gasteiger charge is 2.63. The van der Waals surface area contributed by atoms with E-state index in [1.54, 1.807) is 24.4 Å². The molecule has 3 aromatic rings. The van der Waals surface area contributed by atoms with E-state index in [0.29, 0.717) is 39.8 Å². The highest BCUT2D eigenvalue weighted by Crippen LogP contribution is 2.64. The number of amides is 1. The normalized spacial score (nSPS) is 27.1. The van der Waals surface area contributed by atoms with Gasteiger partial charge in [-0.05, 0) is 97.9 Å². The first-order chi connectivity index (χ1) is 15.6. The van der Waals surface area contributed by atoms with E-state index in [1.807, 2.05) is 18.2 Å². The van der Waals surface area contributed by atoms with Crippen LogP contribution in [0.25, 0.3) is 10.9 Å². The van der Waals surface area contributed by atoms with Crippen molar-refractivity contribution < 1.29 is 13.9 Å². The first-order valence-electron chi connectivity index (χ1n) is 11.3. The fourth-order valence-electron chi connectivity index (χ4n) is 5.76. The van der Waals surface area contributed by atoms with Crippen LogP contribution in [0.3, 0.4) is 0 Å². The molecule has 0 aliphatic heterocycles. The predicted molar refractivity (Wildman–Crippen MR) is 122 cm³/mol. The summed E-state index contributed by atoms with van der Waals surface area (Å²) in [5, 5.41) is 4.48.